The minimum atomic E-state index is -0.989. The summed E-state index contributed by atoms with van der Waals surface area (Å²) < 4.78 is 13.5. The van der Waals surface area contributed by atoms with Crippen molar-refractivity contribution < 1.29 is 14.6 Å². The minimum Gasteiger partial charge on any atom is -0.394 e. The van der Waals surface area contributed by atoms with E-state index >= 15 is 0 Å². The molecule has 0 aliphatic carbocycles. The Balaban J connectivity index is 3.04. The Hall–Kier alpha value is -0.970. The summed E-state index contributed by atoms with van der Waals surface area (Å²) in [7, 11) is 3.46. The van der Waals surface area contributed by atoms with Crippen molar-refractivity contribution in [3.8, 4) is 0 Å². The molecular weight excluding hydrogens is 197 g/mol. The first kappa shape index (κ1) is 12.1. The zero-order chi connectivity index (χ0) is 11.4. The third-order valence-electron chi connectivity index (χ3n) is 2.33. The van der Waals surface area contributed by atoms with Crippen LogP contribution in [0.5, 0.6) is 0 Å². The van der Waals surface area contributed by atoms with Gasteiger partial charge in [-0.05, 0) is 20.2 Å². The smallest absolute Gasteiger partial charge is 0.128 e. The molecule has 1 aromatic rings. The average Bonchev–Trinajstić information content (AvgIpc) is 2.20. The van der Waals surface area contributed by atoms with Crippen molar-refractivity contribution in [3.05, 3.63) is 35.6 Å². The normalized spacial score (nSPS) is 15.3. The molecule has 15 heavy (non-hydrogen) atoms. The van der Waals surface area contributed by atoms with Crippen LogP contribution in [0.4, 0.5) is 4.39 Å². The second kappa shape index (κ2) is 5.21. The molecule has 0 bridgehead atoms. The van der Waals surface area contributed by atoms with Gasteiger partial charge in [0.25, 0.3) is 0 Å². The molecule has 84 valence electrons. The van der Waals surface area contributed by atoms with E-state index in [1.807, 2.05) is 0 Å². The van der Waals surface area contributed by atoms with Crippen LogP contribution in [0.2, 0.25) is 0 Å². The fourth-order valence-electron chi connectivity index (χ4n) is 1.64. The van der Waals surface area contributed by atoms with Gasteiger partial charge in [-0.2, -0.15) is 0 Å². The van der Waals surface area contributed by atoms with Gasteiger partial charge in [0.1, 0.15) is 5.82 Å². The summed E-state index contributed by atoms with van der Waals surface area (Å²) in [6, 6.07) is 5.72. The highest BCUT2D eigenvalue weighted by atomic mass is 19.1. The van der Waals surface area contributed by atoms with Crippen molar-refractivity contribution in [3.63, 3.8) is 0 Å². The van der Waals surface area contributed by atoms with Gasteiger partial charge >= 0.3 is 0 Å². The Bertz CT molecular complexity index is 317. The zero-order valence-electron chi connectivity index (χ0n) is 8.89. The molecule has 3 nitrogen and oxygen atoms in total. The summed E-state index contributed by atoms with van der Waals surface area (Å²) in [5.41, 5.74) is 0.393. The fraction of sp³-hybridized carbons (Fsp3) is 0.455. The molecule has 2 atom stereocenters. The summed E-state index contributed by atoms with van der Waals surface area (Å²) in [4.78, 5) is 1.68. The van der Waals surface area contributed by atoms with Crippen LogP contribution in [0.15, 0.2) is 24.3 Å². The number of hydrogen-bond acceptors (Lipinski definition) is 3. The predicted molar refractivity (Wildman–Crippen MR) is 55.9 cm³/mol. The van der Waals surface area contributed by atoms with Crippen molar-refractivity contribution in [2.75, 3.05) is 20.7 Å². The van der Waals surface area contributed by atoms with E-state index in [0.29, 0.717) is 5.56 Å². The van der Waals surface area contributed by atoms with Crippen LogP contribution in [0.1, 0.15) is 11.6 Å². The van der Waals surface area contributed by atoms with E-state index in [1.165, 1.54) is 6.07 Å². The monoisotopic (exact) mass is 213 g/mol. The van der Waals surface area contributed by atoms with E-state index in [2.05, 4.69) is 0 Å². The van der Waals surface area contributed by atoms with E-state index in [4.69, 9.17) is 5.11 Å². The van der Waals surface area contributed by atoms with Crippen LogP contribution in [0.3, 0.4) is 0 Å². The molecule has 4 heteroatoms. The van der Waals surface area contributed by atoms with Crippen LogP contribution >= 0.6 is 0 Å². The lowest BCUT2D eigenvalue weighted by molar-refractivity contribution is 0.0264. The Morgan fingerprint density at radius 1 is 1.33 bits per heavy atom. The van der Waals surface area contributed by atoms with Gasteiger partial charge in [0, 0.05) is 5.56 Å². The quantitative estimate of drug-likeness (QED) is 0.777. The van der Waals surface area contributed by atoms with Crippen LogP contribution in [0.25, 0.3) is 0 Å². The van der Waals surface area contributed by atoms with E-state index in [0.717, 1.165) is 0 Å². The van der Waals surface area contributed by atoms with Gasteiger partial charge < -0.3 is 10.2 Å². The third-order valence-corrected chi connectivity index (χ3v) is 2.33. The molecule has 0 aromatic heterocycles. The van der Waals surface area contributed by atoms with Crippen molar-refractivity contribution in [1.29, 1.82) is 0 Å². The molecule has 2 N–H and O–H groups in total. The van der Waals surface area contributed by atoms with Gasteiger partial charge in [-0.15, -0.1) is 0 Å². The molecule has 0 saturated heterocycles. The standard InChI is InChI=1S/C11H16FNO2/c1-13(2)11(10(15)7-14)8-5-3-4-6-9(8)12/h3-6,10-11,14-15H,7H2,1-2H3. The first-order chi connectivity index (χ1) is 7.07. The number of aliphatic hydroxyl groups excluding tert-OH is 2. The maximum Gasteiger partial charge on any atom is 0.128 e. The number of hydrogen-bond donors (Lipinski definition) is 2. The van der Waals surface area contributed by atoms with Crippen molar-refractivity contribution in [1.82, 2.24) is 4.90 Å². The maximum absolute atomic E-state index is 13.5. The van der Waals surface area contributed by atoms with Crippen LogP contribution in [0, 0.1) is 5.82 Å². The molecule has 0 aliphatic rings. The first-order valence-electron chi connectivity index (χ1n) is 4.77. The molecule has 0 heterocycles. The SMILES string of the molecule is CN(C)C(c1ccccc1F)C(O)CO. The highest BCUT2D eigenvalue weighted by molar-refractivity contribution is 5.22. The second-order valence-corrected chi connectivity index (χ2v) is 3.68. The maximum atomic E-state index is 13.5. The highest BCUT2D eigenvalue weighted by Gasteiger charge is 2.24. The summed E-state index contributed by atoms with van der Waals surface area (Å²) >= 11 is 0. The van der Waals surface area contributed by atoms with E-state index in [9.17, 15) is 9.50 Å². The zero-order valence-corrected chi connectivity index (χ0v) is 8.89. The Morgan fingerprint density at radius 2 is 1.93 bits per heavy atom. The van der Waals surface area contributed by atoms with Gasteiger partial charge in [-0.3, -0.25) is 4.90 Å². The average molecular weight is 213 g/mol. The fourth-order valence-corrected chi connectivity index (χ4v) is 1.64. The molecule has 1 rings (SSSR count). The molecule has 0 amide bonds. The minimum absolute atomic E-state index is 0.372. The number of aliphatic hydroxyl groups is 2. The number of nitrogens with zero attached hydrogens (tertiary/aromatic N) is 1. The third kappa shape index (κ3) is 2.75. The lowest BCUT2D eigenvalue weighted by Gasteiger charge is -2.28. The van der Waals surface area contributed by atoms with Gasteiger partial charge in [-0.25, -0.2) is 4.39 Å². The molecule has 0 aliphatic heterocycles. The molecule has 0 saturated carbocycles. The Kier molecular flexibility index (Phi) is 4.20. The number of halogens is 1. The Morgan fingerprint density at radius 3 is 2.40 bits per heavy atom. The first-order valence-corrected chi connectivity index (χ1v) is 4.77. The van der Waals surface area contributed by atoms with E-state index in [1.54, 1.807) is 37.2 Å². The van der Waals surface area contributed by atoms with Gasteiger partial charge in [0.2, 0.25) is 0 Å². The Labute approximate surface area is 88.8 Å². The van der Waals surface area contributed by atoms with Gasteiger partial charge in [0.15, 0.2) is 0 Å². The van der Waals surface area contributed by atoms with Crippen LogP contribution in [-0.4, -0.2) is 41.9 Å². The molecule has 0 spiro atoms. The molecule has 2 unspecified atom stereocenters. The summed E-state index contributed by atoms with van der Waals surface area (Å²) in [6.07, 6.45) is -0.989. The largest absolute Gasteiger partial charge is 0.394 e. The molecule has 1 aromatic carbocycles. The lowest BCUT2D eigenvalue weighted by Crippen LogP contribution is -2.34. The molecule has 0 radical (unpaired) electrons. The molecular formula is C11H16FNO2. The second-order valence-electron chi connectivity index (χ2n) is 3.68. The number of rotatable bonds is 4. The van der Waals surface area contributed by atoms with Gasteiger partial charge in [0.05, 0.1) is 18.8 Å². The summed E-state index contributed by atoms with van der Waals surface area (Å²) in [5.74, 6) is -0.372. The summed E-state index contributed by atoms with van der Waals surface area (Å²) in [6.45, 7) is -0.392. The lowest BCUT2D eigenvalue weighted by atomic mass is 10.0. The van der Waals surface area contributed by atoms with E-state index in [-0.39, 0.29) is 5.82 Å². The van der Waals surface area contributed by atoms with Crippen LogP contribution in [-0.2, 0) is 0 Å². The van der Waals surface area contributed by atoms with Crippen LogP contribution < -0.4 is 0 Å². The van der Waals surface area contributed by atoms with Crippen molar-refractivity contribution in [2.45, 2.75) is 12.1 Å². The number of likely N-dealkylation sites (N-methyl/N-ethyl adjacent to an activating group) is 1. The highest BCUT2D eigenvalue weighted by Crippen LogP contribution is 2.24. The predicted octanol–water partition coefficient (Wildman–Crippen LogP) is 0.782. The number of benzene rings is 1. The molecule has 0 fully saturated rings. The topological polar surface area (TPSA) is 43.7 Å². The van der Waals surface area contributed by atoms with Crippen molar-refractivity contribution in [2.24, 2.45) is 0 Å². The van der Waals surface area contributed by atoms with Gasteiger partial charge in [-0.1, -0.05) is 18.2 Å². The van der Waals surface area contributed by atoms with Crippen molar-refractivity contribution >= 4 is 0 Å². The van der Waals surface area contributed by atoms with E-state index < -0.39 is 18.8 Å². The summed E-state index contributed by atoms with van der Waals surface area (Å²) in [5, 5.41) is 18.5.